The topological polar surface area (TPSA) is 61.4 Å². The molecule has 0 saturated heterocycles. The molecule has 1 amide bonds. The summed E-state index contributed by atoms with van der Waals surface area (Å²) in [6.45, 7) is 6.12. The number of aliphatic hydroxyl groups is 1. The van der Waals surface area contributed by atoms with Gasteiger partial charge >= 0.3 is 0 Å². The Balaban J connectivity index is 2.35. The molecule has 0 aromatic carbocycles. The molecule has 1 saturated carbocycles. The largest absolute Gasteiger partial charge is 0.394 e. The highest BCUT2D eigenvalue weighted by atomic mass is 16.3. The second kappa shape index (κ2) is 5.64. The summed E-state index contributed by atoms with van der Waals surface area (Å²) in [7, 11) is 0. The van der Waals surface area contributed by atoms with Gasteiger partial charge in [-0.15, -0.1) is 0 Å². The molecule has 3 N–H and O–H groups in total. The van der Waals surface area contributed by atoms with Gasteiger partial charge in [-0.05, 0) is 32.6 Å². The van der Waals surface area contributed by atoms with Crippen LogP contribution >= 0.6 is 0 Å². The van der Waals surface area contributed by atoms with Gasteiger partial charge in [0.25, 0.3) is 0 Å². The van der Waals surface area contributed by atoms with Crippen LogP contribution in [0.3, 0.4) is 0 Å². The monoisotopic (exact) mass is 228 g/mol. The first-order valence-electron chi connectivity index (χ1n) is 6.26. The molecule has 1 atom stereocenters. The molecular weight excluding hydrogens is 204 g/mol. The Labute approximate surface area is 97.8 Å². The number of amides is 1. The first kappa shape index (κ1) is 13.5. The molecule has 0 radical (unpaired) electrons. The van der Waals surface area contributed by atoms with Gasteiger partial charge < -0.3 is 10.4 Å². The van der Waals surface area contributed by atoms with Crippen LogP contribution in [-0.4, -0.2) is 35.2 Å². The van der Waals surface area contributed by atoms with Crippen LogP contribution in [0.15, 0.2) is 0 Å². The zero-order chi connectivity index (χ0) is 12.2. The van der Waals surface area contributed by atoms with E-state index in [-0.39, 0.29) is 30.1 Å². The molecular formula is C12H24N2O2. The van der Waals surface area contributed by atoms with Crippen LogP contribution in [0.5, 0.6) is 0 Å². The van der Waals surface area contributed by atoms with Gasteiger partial charge in [0.2, 0.25) is 5.91 Å². The number of carbonyl (C=O) groups is 1. The van der Waals surface area contributed by atoms with Crippen molar-refractivity contribution in [3.63, 3.8) is 0 Å². The Kier molecular flexibility index (Phi) is 4.74. The van der Waals surface area contributed by atoms with E-state index >= 15 is 0 Å². The zero-order valence-corrected chi connectivity index (χ0v) is 10.5. The summed E-state index contributed by atoms with van der Waals surface area (Å²) in [5.41, 5.74) is -0.176. The van der Waals surface area contributed by atoms with Crippen LogP contribution in [0.4, 0.5) is 0 Å². The first-order chi connectivity index (χ1) is 7.56. The van der Waals surface area contributed by atoms with E-state index in [1.807, 2.05) is 6.92 Å². The minimum Gasteiger partial charge on any atom is -0.394 e. The van der Waals surface area contributed by atoms with E-state index in [4.69, 9.17) is 5.11 Å². The number of nitrogens with one attached hydrogen (secondary N) is 2. The van der Waals surface area contributed by atoms with Crippen LogP contribution in [0, 0.1) is 0 Å². The molecule has 16 heavy (non-hydrogen) atoms. The Morgan fingerprint density at radius 2 is 1.94 bits per heavy atom. The lowest BCUT2D eigenvalue weighted by Crippen LogP contribution is -2.51. The van der Waals surface area contributed by atoms with Crippen molar-refractivity contribution in [3.05, 3.63) is 0 Å². The normalized spacial score (nSPS) is 19.6. The number of hydrogen-bond donors (Lipinski definition) is 3. The van der Waals surface area contributed by atoms with Gasteiger partial charge in [-0.25, -0.2) is 0 Å². The lowest BCUT2D eigenvalue weighted by atomic mass is 10.1. The second-order valence-corrected chi connectivity index (χ2v) is 4.83. The Morgan fingerprint density at radius 3 is 2.31 bits per heavy atom. The molecule has 1 aliphatic carbocycles. The first-order valence-corrected chi connectivity index (χ1v) is 6.26. The molecule has 1 aliphatic rings. The van der Waals surface area contributed by atoms with E-state index in [9.17, 15) is 4.79 Å². The van der Waals surface area contributed by atoms with Gasteiger partial charge in [-0.3, -0.25) is 10.1 Å². The third kappa shape index (κ3) is 3.46. The fourth-order valence-corrected chi connectivity index (χ4v) is 1.84. The van der Waals surface area contributed by atoms with Crippen molar-refractivity contribution >= 4 is 5.91 Å². The van der Waals surface area contributed by atoms with Crippen molar-refractivity contribution in [3.8, 4) is 0 Å². The fourth-order valence-electron chi connectivity index (χ4n) is 1.84. The second-order valence-electron chi connectivity index (χ2n) is 4.83. The number of carbonyl (C=O) groups excluding carboxylic acids is 1. The zero-order valence-electron chi connectivity index (χ0n) is 10.5. The maximum absolute atomic E-state index is 11.8. The summed E-state index contributed by atoms with van der Waals surface area (Å²) in [4.78, 5) is 11.8. The summed E-state index contributed by atoms with van der Waals surface area (Å²) in [6, 6.07) is 0.0382. The molecule has 0 aromatic heterocycles. The molecule has 0 spiro atoms. The summed E-state index contributed by atoms with van der Waals surface area (Å²) in [5, 5.41) is 15.4. The van der Waals surface area contributed by atoms with E-state index in [0.717, 1.165) is 25.7 Å². The number of rotatable bonds is 7. The average Bonchev–Trinajstić information content (AvgIpc) is 3.05. The third-order valence-electron chi connectivity index (χ3n) is 3.40. The molecule has 0 heterocycles. The molecule has 1 unspecified atom stereocenters. The molecule has 0 aromatic rings. The van der Waals surface area contributed by atoms with Crippen LogP contribution < -0.4 is 10.6 Å². The maximum atomic E-state index is 11.8. The average molecular weight is 228 g/mol. The quantitative estimate of drug-likeness (QED) is 0.604. The van der Waals surface area contributed by atoms with Crippen molar-refractivity contribution in [1.29, 1.82) is 0 Å². The van der Waals surface area contributed by atoms with Crippen LogP contribution in [0.1, 0.15) is 46.5 Å². The van der Waals surface area contributed by atoms with Gasteiger partial charge in [-0.2, -0.15) is 0 Å². The van der Waals surface area contributed by atoms with Gasteiger partial charge in [0.15, 0.2) is 0 Å². The van der Waals surface area contributed by atoms with Gasteiger partial charge in [-0.1, -0.05) is 13.8 Å². The van der Waals surface area contributed by atoms with Crippen molar-refractivity contribution < 1.29 is 9.90 Å². The molecule has 0 bridgehead atoms. The number of aliphatic hydroxyl groups excluding tert-OH is 1. The lowest BCUT2D eigenvalue weighted by molar-refractivity contribution is -0.123. The Bertz CT molecular complexity index is 235. The molecule has 0 aliphatic heterocycles. The highest BCUT2D eigenvalue weighted by molar-refractivity contribution is 5.81. The van der Waals surface area contributed by atoms with E-state index in [2.05, 4.69) is 24.5 Å². The van der Waals surface area contributed by atoms with Gasteiger partial charge in [0, 0.05) is 11.6 Å². The molecule has 1 fully saturated rings. The summed E-state index contributed by atoms with van der Waals surface area (Å²) in [5.74, 6) is 0.0356. The smallest absolute Gasteiger partial charge is 0.237 e. The van der Waals surface area contributed by atoms with E-state index in [1.165, 1.54) is 0 Å². The lowest BCUT2D eigenvalue weighted by Gasteiger charge is -2.23. The van der Waals surface area contributed by atoms with Crippen molar-refractivity contribution in [2.24, 2.45) is 0 Å². The summed E-state index contributed by atoms with van der Waals surface area (Å²) in [6.07, 6.45) is 3.85. The summed E-state index contributed by atoms with van der Waals surface area (Å²) >= 11 is 0. The van der Waals surface area contributed by atoms with Crippen LogP contribution in [0.25, 0.3) is 0 Å². The van der Waals surface area contributed by atoms with Crippen molar-refractivity contribution in [2.45, 2.75) is 64.1 Å². The maximum Gasteiger partial charge on any atom is 0.237 e. The minimum atomic E-state index is -0.227. The molecule has 94 valence electrons. The van der Waals surface area contributed by atoms with E-state index in [1.54, 1.807) is 0 Å². The Morgan fingerprint density at radius 1 is 1.38 bits per heavy atom. The molecule has 4 heteroatoms. The van der Waals surface area contributed by atoms with Crippen LogP contribution in [0.2, 0.25) is 0 Å². The standard InChI is InChI=1S/C12H24N2O2/c1-4-10(5-2)13-11(16)9(3)14-12(8-15)6-7-12/h9-10,14-15H,4-8H2,1-3H3,(H,13,16). The van der Waals surface area contributed by atoms with Crippen molar-refractivity contribution in [2.75, 3.05) is 6.61 Å². The van der Waals surface area contributed by atoms with E-state index in [0.29, 0.717) is 0 Å². The predicted molar refractivity (Wildman–Crippen MR) is 64.2 cm³/mol. The van der Waals surface area contributed by atoms with Gasteiger partial charge in [0.1, 0.15) is 0 Å². The van der Waals surface area contributed by atoms with Gasteiger partial charge in [0.05, 0.1) is 12.6 Å². The minimum absolute atomic E-state index is 0.0356. The van der Waals surface area contributed by atoms with E-state index < -0.39 is 0 Å². The predicted octanol–water partition coefficient (Wildman–Crippen LogP) is 0.794. The van der Waals surface area contributed by atoms with Crippen LogP contribution in [-0.2, 0) is 4.79 Å². The Hall–Kier alpha value is -0.610. The molecule has 1 rings (SSSR count). The van der Waals surface area contributed by atoms with Crippen molar-refractivity contribution in [1.82, 2.24) is 10.6 Å². The molecule has 4 nitrogen and oxygen atoms in total. The number of hydrogen-bond acceptors (Lipinski definition) is 3. The highest BCUT2D eigenvalue weighted by Gasteiger charge is 2.43. The summed E-state index contributed by atoms with van der Waals surface area (Å²) < 4.78 is 0. The highest BCUT2D eigenvalue weighted by Crippen LogP contribution is 2.34. The third-order valence-corrected chi connectivity index (χ3v) is 3.40. The fraction of sp³-hybridized carbons (Fsp3) is 0.917. The SMILES string of the molecule is CCC(CC)NC(=O)C(C)NC1(CO)CC1.